The number of aromatic hydroxyl groups is 1. The molecule has 10 unspecified atom stereocenters. The molecule has 101 heavy (non-hydrogen) atoms. The predicted octanol–water partition coefficient (Wildman–Crippen LogP) is 4.22. The fraction of sp³-hybridized carbons (Fsp3) is 0.422. The standard InChI is InChI=1S/C64H68N14O18S5/c1-27(79)43-56(85)74-44(28(2)90-7)59-70-38(26-99-59)55(84)75-47-49-50(96-41-18-64(4,88)51(76(5)6)29(3)95-41)63(87)93-19-30-9-8-10-39-42(30)32(20-92-49)48(78(39)89)62(86)94-21-33(66-53(82)36-25-101-61(47)71-36)58-67-34(22-98-58)45-31(57-68-37(24-97-57)54(83)73-43)17-40(80)46(72-45)60-69-35(23-100-60)52(81)65-11-12-77-13-15-91-16-14-77/h8-10,17,22-27,29,33,41,43,47,49-51,79-80,88-89H,11-16,18-21H2,1-7H3,(H,65,81)(H,66,82)(H,73,83)(H,74,85)(H,75,84)/b44-28+. The highest BCUT2D eigenvalue weighted by molar-refractivity contribution is 7.14. The minimum Gasteiger partial charge on any atom is -0.506 e. The zero-order valence-corrected chi connectivity index (χ0v) is 59.1. The number of benzene rings is 1. The number of ether oxygens (including phenoxy) is 7. The highest BCUT2D eigenvalue weighted by Gasteiger charge is 2.50. The molecule has 1 aromatic carbocycles. The summed E-state index contributed by atoms with van der Waals surface area (Å²) in [6.45, 7) is 7.88. The molecular formula is C64H68N14O18S5. The van der Waals surface area contributed by atoms with E-state index in [0.717, 1.165) is 69.8 Å². The number of aromatic nitrogens is 7. The van der Waals surface area contributed by atoms with Crippen LogP contribution in [-0.2, 0) is 56.0 Å². The average Bonchev–Trinajstić information content (AvgIpc) is 1.67. The summed E-state index contributed by atoms with van der Waals surface area (Å²) in [5.41, 5.74) is -2.12. The summed E-state index contributed by atoms with van der Waals surface area (Å²) >= 11 is 4.73. The second-order valence-electron chi connectivity index (χ2n) is 24.7. The summed E-state index contributed by atoms with van der Waals surface area (Å²) in [5.74, 6) is -6.64. The Bertz CT molecular complexity index is 4570. The van der Waals surface area contributed by atoms with Crippen molar-refractivity contribution in [2.45, 2.75) is 108 Å². The van der Waals surface area contributed by atoms with Crippen molar-refractivity contribution in [2.24, 2.45) is 0 Å². The molecule has 0 saturated carbocycles. The van der Waals surface area contributed by atoms with Gasteiger partial charge in [-0.2, -0.15) is 4.73 Å². The van der Waals surface area contributed by atoms with E-state index >= 15 is 19.2 Å². The van der Waals surface area contributed by atoms with Crippen LogP contribution in [0.4, 0.5) is 0 Å². The van der Waals surface area contributed by atoms with Crippen LogP contribution in [-0.4, -0.2) is 222 Å². The Hall–Kier alpha value is -8.83. The number of nitrogens with one attached hydrogen (secondary N) is 5. The van der Waals surface area contributed by atoms with Gasteiger partial charge in [-0.3, -0.25) is 28.9 Å². The number of nitrogens with zero attached hydrogens (tertiary/aromatic N) is 9. The van der Waals surface area contributed by atoms with Crippen molar-refractivity contribution in [1.29, 1.82) is 0 Å². The second-order valence-corrected chi connectivity index (χ2v) is 29.1. The monoisotopic (exact) mass is 1480 g/mol. The summed E-state index contributed by atoms with van der Waals surface area (Å²) in [5, 5.41) is 69.0. The summed E-state index contributed by atoms with van der Waals surface area (Å²) in [6.07, 6.45) is -7.48. The predicted molar refractivity (Wildman–Crippen MR) is 364 cm³/mol. The molecule has 12 bridgehead atoms. The van der Waals surface area contributed by atoms with Crippen LogP contribution in [0, 0.1) is 0 Å². The fourth-order valence-electron chi connectivity index (χ4n) is 12.7. The van der Waals surface area contributed by atoms with Crippen LogP contribution in [0.15, 0.2) is 56.9 Å². The van der Waals surface area contributed by atoms with Crippen molar-refractivity contribution < 1.29 is 87.2 Å². The van der Waals surface area contributed by atoms with E-state index in [1.165, 1.54) is 54.6 Å². The largest absolute Gasteiger partial charge is 0.506 e. The molecule has 2 fully saturated rings. The number of carbonyl (C=O) groups is 7. The summed E-state index contributed by atoms with van der Waals surface area (Å²) < 4.78 is 43.8. The number of morpholine rings is 1. The molecule has 9 N–H and O–H groups in total. The lowest BCUT2D eigenvalue weighted by Gasteiger charge is -2.48. The van der Waals surface area contributed by atoms with Crippen LogP contribution < -0.4 is 26.6 Å². The molecule has 0 radical (unpaired) electrons. The molecule has 5 amide bonds. The number of rotatable bonds is 10. The van der Waals surface area contributed by atoms with E-state index in [4.69, 9.17) is 48.1 Å². The smallest absolute Gasteiger partial charge is 0.358 e. The van der Waals surface area contributed by atoms with E-state index in [9.17, 15) is 34.9 Å². The van der Waals surface area contributed by atoms with Crippen LogP contribution >= 0.6 is 56.7 Å². The number of allylic oxidation sites excluding steroid dienone is 1. The van der Waals surface area contributed by atoms with Crippen LogP contribution in [0.3, 0.4) is 0 Å². The van der Waals surface area contributed by atoms with E-state index in [1.807, 2.05) is 0 Å². The zero-order valence-electron chi connectivity index (χ0n) is 55.0. The van der Waals surface area contributed by atoms with Gasteiger partial charge in [-0.05, 0) is 59.5 Å². The van der Waals surface area contributed by atoms with Gasteiger partial charge in [0.05, 0.1) is 56.3 Å². The number of carbonyl (C=O) groups excluding carboxylic acids is 7. The van der Waals surface area contributed by atoms with Gasteiger partial charge in [-0.15, -0.1) is 56.7 Å². The van der Waals surface area contributed by atoms with E-state index in [0.29, 0.717) is 36.6 Å². The lowest BCUT2D eigenvalue weighted by atomic mass is 9.85. The van der Waals surface area contributed by atoms with Gasteiger partial charge in [0.1, 0.15) is 120 Å². The summed E-state index contributed by atoms with van der Waals surface area (Å²) in [7, 11) is 4.87. The van der Waals surface area contributed by atoms with Gasteiger partial charge in [-0.25, -0.2) is 39.5 Å². The molecule has 32 nitrogen and oxygen atoms in total. The Morgan fingerprint density at radius 3 is 2.27 bits per heavy atom. The van der Waals surface area contributed by atoms with Crippen molar-refractivity contribution >= 4 is 115 Å². The molecule has 5 aliphatic heterocycles. The molecule has 532 valence electrons. The Morgan fingerprint density at radius 1 is 0.842 bits per heavy atom. The van der Waals surface area contributed by atoms with Crippen LogP contribution in [0.5, 0.6) is 5.75 Å². The third kappa shape index (κ3) is 14.4. The van der Waals surface area contributed by atoms with Gasteiger partial charge in [-0.1, -0.05) is 12.1 Å². The third-order valence-corrected chi connectivity index (χ3v) is 22.0. The average molecular weight is 1480 g/mol. The van der Waals surface area contributed by atoms with Gasteiger partial charge < -0.3 is 85.2 Å². The number of hydrogen-bond acceptors (Lipinski definition) is 31. The Kier molecular flexibility index (Phi) is 20.5. The molecular weight excluding hydrogens is 1410 g/mol. The van der Waals surface area contributed by atoms with Gasteiger partial charge in [0.25, 0.3) is 23.6 Å². The SMILES string of the molecule is CO/C(C)=C1/NC(=O)C(C(C)O)NC(=O)c2csc(n2)-c2cc(O)c(-c3nc(C(=O)NCCN4CCOCC4)cs3)nc2-c2csc(n2)C2COC(=O)c3c4c5c(cccc5n3O)COC(=O)C(OC3CC(C)(O)C(N(C)C)C(C)O3)C(OC4)C(NC(=O)c3csc1n3)c1nc(cs1)C(=O)N2. The van der Waals surface area contributed by atoms with E-state index < -0.39 is 133 Å². The fourth-order valence-corrected chi connectivity index (χ4v) is 16.9. The lowest BCUT2D eigenvalue weighted by Crippen LogP contribution is -2.62. The number of cyclic esters (lactones) is 2. The van der Waals surface area contributed by atoms with Crippen LogP contribution in [0.2, 0.25) is 0 Å². The summed E-state index contributed by atoms with van der Waals surface area (Å²) in [4.78, 5) is 135. The number of likely N-dealkylation sites (N-methyl/N-ethyl adjacent to an activating group) is 1. The quantitative estimate of drug-likeness (QED) is 0.0525. The normalized spacial score (nSPS) is 24.9. The number of methoxy groups -OCH3 is 1. The maximum absolute atomic E-state index is 15.2. The van der Waals surface area contributed by atoms with Gasteiger partial charge in [0.15, 0.2) is 18.1 Å². The van der Waals surface area contributed by atoms with Crippen molar-refractivity contribution in [1.82, 2.24) is 71.0 Å². The number of thiazole rings is 5. The molecule has 8 aromatic rings. The third-order valence-electron chi connectivity index (χ3n) is 17.6. The van der Waals surface area contributed by atoms with Crippen LogP contribution in [0.25, 0.3) is 49.3 Å². The van der Waals surface area contributed by atoms with Crippen LogP contribution in [0.1, 0.15) is 125 Å². The first-order valence-corrected chi connectivity index (χ1v) is 36.1. The number of pyridine rings is 1. The Labute approximate surface area is 594 Å². The first-order chi connectivity index (χ1) is 48.4. The van der Waals surface area contributed by atoms with Crippen molar-refractivity contribution in [2.75, 3.05) is 67.2 Å². The van der Waals surface area contributed by atoms with E-state index in [-0.39, 0.29) is 105 Å². The highest BCUT2D eigenvalue weighted by Crippen LogP contribution is 2.43. The molecule has 0 aliphatic carbocycles. The number of esters is 2. The Morgan fingerprint density at radius 2 is 1.52 bits per heavy atom. The van der Waals surface area contributed by atoms with Gasteiger partial charge in [0.2, 0.25) is 5.91 Å². The lowest BCUT2D eigenvalue weighted by molar-refractivity contribution is -0.280. The minimum absolute atomic E-state index is 0.00244. The number of aliphatic hydroxyl groups is 2. The van der Waals surface area contributed by atoms with E-state index in [2.05, 4.69) is 46.4 Å². The number of aliphatic hydroxyl groups excluding tert-OH is 1. The molecule has 12 heterocycles. The Balaban J connectivity index is 0.960. The molecule has 13 rings (SSSR count). The number of fused-ring (bicyclic) bond motifs is 15. The molecule has 10 atom stereocenters. The maximum atomic E-state index is 15.2. The van der Waals surface area contributed by atoms with Gasteiger partial charge >= 0.3 is 11.9 Å². The molecule has 0 spiro atoms. The molecule has 2 saturated heterocycles. The first-order valence-electron chi connectivity index (χ1n) is 31.7. The van der Waals surface area contributed by atoms with Gasteiger partial charge in [0, 0.05) is 76.0 Å². The number of amides is 5. The molecule has 7 aromatic heterocycles. The van der Waals surface area contributed by atoms with Crippen molar-refractivity contribution in [3.05, 3.63) is 112 Å². The minimum atomic E-state index is -1.90. The molecule has 37 heteroatoms. The van der Waals surface area contributed by atoms with Crippen molar-refractivity contribution in [3.8, 4) is 38.4 Å². The zero-order chi connectivity index (χ0) is 71.3. The first kappa shape index (κ1) is 70.6. The summed E-state index contributed by atoms with van der Waals surface area (Å²) in [6, 6.07) is 0.844. The highest BCUT2D eigenvalue weighted by atomic mass is 32.1. The topological polar surface area (TPSA) is 414 Å². The maximum Gasteiger partial charge on any atom is 0.358 e. The van der Waals surface area contributed by atoms with E-state index in [1.54, 1.807) is 50.4 Å². The second kappa shape index (κ2) is 29.3. The molecule has 5 aliphatic rings. The number of hydrogen-bond donors (Lipinski definition) is 9. The van der Waals surface area contributed by atoms with Crippen molar-refractivity contribution in [3.63, 3.8) is 0 Å².